The molecule has 354 valence electrons. The first kappa shape index (κ1) is 48.8. The zero-order chi connectivity index (χ0) is 49.2. The van der Waals surface area contributed by atoms with Gasteiger partial charge in [0.2, 0.25) is 0 Å². The fourth-order valence-electron chi connectivity index (χ4n) is 8.34. The van der Waals surface area contributed by atoms with Crippen LogP contribution >= 0.6 is 0 Å². The molecule has 1 aliphatic carbocycles. The third-order valence-electron chi connectivity index (χ3n) is 11.3. The van der Waals surface area contributed by atoms with Gasteiger partial charge in [0.15, 0.2) is 0 Å². The Balaban J connectivity index is 1.59. The fourth-order valence-corrected chi connectivity index (χ4v) is 8.34. The van der Waals surface area contributed by atoms with Gasteiger partial charge in [-0.15, -0.1) is 0 Å². The van der Waals surface area contributed by atoms with Gasteiger partial charge in [-0.05, 0) is 72.9 Å². The van der Waals surface area contributed by atoms with E-state index < -0.39 is 29.3 Å². The summed E-state index contributed by atoms with van der Waals surface area (Å²) in [6, 6.07) is 35.2. The monoisotopic (exact) mass is 930 g/mol. The van der Waals surface area contributed by atoms with Crippen LogP contribution in [0.5, 0.6) is 23.0 Å². The highest BCUT2D eigenvalue weighted by Gasteiger charge is 2.53. The molecule has 1 aliphatic rings. The van der Waals surface area contributed by atoms with Crippen molar-refractivity contribution in [2.24, 2.45) is 0 Å². The van der Waals surface area contributed by atoms with E-state index in [0.29, 0.717) is 44.9 Å². The first-order valence-corrected chi connectivity index (χ1v) is 22.4. The number of hydrogen-bond donors (Lipinski definition) is 0. The van der Waals surface area contributed by atoms with Crippen LogP contribution in [0.1, 0.15) is 49.9 Å². The van der Waals surface area contributed by atoms with Gasteiger partial charge in [-0.2, -0.15) is 0 Å². The highest BCUT2D eigenvalue weighted by atomic mass is 16.6. The van der Waals surface area contributed by atoms with Crippen LogP contribution in [0, 0.1) is 0 Å². The van der Waals surface area contributed by atoms with E-state index in [9.17, 15) is 19.2 Å². The number of benzene rings is 6. The van der Waals surface area contributed by atoms with E-state index in [2.05, 4.69) is 26.3 Å². The second-order valence-electron chi connectivity index (χ2n) is 16.5. The molecule has 0 N–H and O–H groups in total. The summed E-state index contributed by atoms with van der Waals surface area (Å²) in [5.41, 5.74) is 3.90. The van der Waals surface area contributed by atoms with Crippen molar-refractivity contribution in [1.82, 2.24) is 0 Å². The number of carbonyl (C=O) groups excluding carboxylic acids is 4. The first-order chi connectivity index (χ1) is 33.2. The second kappa shape index (κ2) is 21.7. The van der Waals surface area contributed by atoms with E-state index in [4.69, 9.17) is 37.9 Å². The Bertz CT molecular complexity index is 2810. The minimum atomic E-state index is -1.46. The largest absolute Gasteiger partial charge is 0.490 e. The molecule has 12 nitrogen and oxygen atoms in total. The number of carbonyl (C=O) groups is 4. The van der Waals surface area contributed by atoms with Crippen molar-refractivity contribution >= 4 is 45.4 Å². The Morgan fingerprint density at radius 2 is 0.710 bits per heavy atom. The highest BCUT2D eigenvalue weighted by Crippen LogP contribution is 2.64. The van der Waals surface area contributed by atoms with Gasteiger partial charge >= 0.3 is 23.9 Å². The SMILES string of the molecule is C=C(C)C(=O)OCCOc1cc2ccccc2c(OCCOC(=O)C(=C)C)c1C1(c2c(OCCOC(=O)C(=C)C)cc3ccccc3c2OCCOC(=O)C(=C)C)c2ccccc2-c2ccccc21. The molecular formula is C57H54O12. The van der Waals surface area contributed by atoms with E-state index >= 15 is 0 Å². The lowest BCUT2D eigenvalue weighted by Gasteiger charge is -2.39. The molecule has 0 aliphatic heterocycles. The van der Waals surface area contributed by atoms with Crippen LogP contribution in [0.4, 0.5) is 0 Å². The zero-order valence-corrected chi connectivity index (χ0v) is 39.3. The predicted octanol–water partition coefficient (Wildman–Crippen LogP) is 10.3. The zero-order valence-electron chi connectivity index (χ0n) is 39.3. The summed E-state index contributed by atoms with van der Waals surface area (Å²) in [5.74, 6) is -0.781. The van der Waals surface area contributed by atoms with Crippen molar-refractivity contribution in [1.29, 1.82) is 0 Å². The van der Waals surface area contributed by atoms with Crippen LogP contribution in [-0.2, 0) is 43.5 Å². The topological polar surface area (TPSA) is 142 Å². The van der Waals surface area contributed by atoms with Gasteiger partial charge in [0.1, 0.15) is 75.9 Å². The van der Waals surface area contributed by atoms with Gasteiger partial charge in [0, 0.05) is 33.1 Å². The lowest BCUT2D eigenvalue weighted by Crippen LogP contribution is -2.32. The van der Waals surface area contributed by atoms with E-state index in [-0.39, 0.29) is 75.1 Å². The highest BCUT2D eigenvalue weighted by molar-refractivity contribution is 6.00. The maximum absolute atomic E-state index is 12.7. The second-order valence-corrected chi connectivity index (χ2v) is 16.5. The van der Waals surface area contributed by atoms with Crippen molar-refractivity contribution in [3.05, 3.63) is 180 Å². The van der Waals surface area contributed by atoms with Gasteiger partial charge in [0.25, 0.3) is 0 Å². The van der Waals surface area contributed by atoms with Crippen LogP contribution in [0.3, 0.4) is 0 Å². The average molecular weight is 931 g/mol. The van der Waals surface area contributed by atoms with Gasteiger partial charge < -0.3 is 37.9 Å². The molecule has 7 rings (SSSR count). The number of ether oxygens (including phenoxy) is 8. The molecule has 0 radical (unpaired) electrons. The third kappa shape index (κ3) is 10.3. The molecule has 0 bridgehead atoms. The number of hydrogen-bond acceptors (Lipinski definition) is 12. The van der Waals surface area contributed by atoms with Crippen molar-refractivity contribution in [3.63, 3.8) is 0 Å². The molecule has 0 amide bonds. The molecule has 12 heteroatoms. The molecule has 0 saturated heterocycles. The summed E-state index contributed by atoms with van der Waals surface area (Å²) >= 11 is 0. The summed E-state index contributed by atoms with van der Waals surface area (Å²) in [7, 11) is 0. The fraction of sp³-hybridized carbons (Fsp3) is 0.228. The molecule has 0 unspecified atom stereocenters. The molecule has 6 aromatic carbocycles. The van der Waals surface area contributed by atoms with Gasteiger partial charge in [-0.25, -0.2) is 19.2 Å². The lowest BCUT2D eigenvalue weighted by atomic mass is 9.65. The van der Waals surface area contributed by atoms with Crippen LogP contribution in [0.2, 0.25) is 0 Å². The molecular weight excluding hydrogens is 877 g/mol. The van der Waals surface area contributed by atoms with Crippen LogP contribution < -0.4 is 18.9 Å². The normalized spacial score (nSPS) is 11.9. The van der Waals surface area contributed by atoms with Crippen molar-refractivity contribution < 1.29 is 57.1 Å². The van der Waals surface area contributed by atoms with Crippen LogP contribution in [0.25, 0.3) is 32.7 Å². The molecule has 0 atom stereocenters. The van der Waals surface area contributed by atoms with E-state index in [1.54, 1.807) is 27.7 Å². The minimum absolute atomic E-state index is 0.0774. The molecule has 0 heterocycles. The van der Waals surface area contributed by atoms with Crippen molar-refractivity contribution in [2.75, 3.05) is 52.9 Å². The van der Waals surface area contributed by atoms with Gasteiger partial charge in [0.05, 0.1) is 16.5 Å². The molecule has 69 heavy (non-hydrogen) atoms. The molecule has 0 saturated carbocycles. The number of esters is 4. The van der Waals surface area contributed by atoms with Crippen LogP contribution in [-0.4, -0.2) is 76.7 Å². The van der Waals surface area contributed by atoms with Crippen LogP contribution in [0.15, 0.2) is 158 Å². The Kier molecular flexibility index (Phi) is 15.3. The van der Waals surface area contributed by atoms with Crippen molar-refractivity contribution in [3.8, 4) is 34.1 Å². The Morgan fingerprint density at radius 3 is 1.06 bits per heavy atom. The maximum Gasteiger partial charge on any atom is 0.333 e. The standard InChI is InChI=1S/C57H54O12/c1-35(2)53(58)66-29-25-62-47-33-39-17-9-11-19-41(39)51(64-27-31-68-55(60)37(5)6)49(47)57(45-23-15-13-21-43(45)44-22-14-16-24-46(44)57)50-48(63-26-30-67-54(59)36(3)4)34-40-18-10-12-20-42(40)52(50)65-28-32-69-56(61)38(7)8/h9-24,33-34H,1,3,5,7,25-32H2,2,4,6,8H3. The first-order valence-electron chi connectivity index (χ1n) is 22.4. The van der Waals surface area contributed by atoms with E-state index in [1.807, 2.05) is 109 Å². The quantitative estimate of drug-likeness (QED) is 0.0276. The summed E-state index contributed by atoms with van der Waals surface area (Å²) < 4.78 is 49.8. The number of fused-ring (bicyclic) bond motifs is 5. The van der Waals surface area contributed by atoms with E-state index in [1.165, 1.54) is 0 Å². The number of rotatable bonds is 22. The van der Waals surface area contributed by atoms with Crippen molar-refractivity contribution in [2.45, 2.75) is 33.1 Å². The molecule has 0 fully saturated rings. The summed E-state index contributed by atoms with van der Waals surface area (Å²) in [4.78, 5) is 50.5. The molecule has 6 aromatic rings. The third-order valence-corrected chi connectivity index (χ3v) is 11.3. The predicted molar refractivity (Wildman–Crippen MR) is 264 cm³/mol. The summed E-state index contributed by atoms with van der Waals surface area (Å²) in [6.07, 6.45) is 0. The van der Waals surface area contributed by atoms with Gasteiger partial charge in [-0.3, -0.25) is 0 Å². The Labute approximate surface area is 401 Å². The smallest absolute Gasteiger partial charge is 0.333 e. The maximum atomic E-state index is 12.7. The summed E-state index contributed by atoms with van der Waals surface area (Å²) in [6.45, 7) is 20.4. The van der Waals surface area contributed by atoms with Gasteiger partial charge in [-0.1, -0.05) is 123 Å². The molecule has 0 spiro atoms. The molecule has 0 aromatic heterocycles. The average Bonchev–Trinajstić information content (AvgIpc) is 3.63. The summed E-state index contributed by atoms with van der Waals surface area (Å²) in [5, 5.41) is 2.91. The lowest BCUT2D eigenvalue weighted by molar-refractivity contribution is -0.140. The minimum Gasteiger partial charge on any atom is -0.490 e. The van der Waals surface area contributed by atoms with E-state index in [0.717, 1.165) is 33.0 Å². The Morgan fingerprint density at radius 1 is 0.406 bits per heavy atom. The Hall–Kier alpha value is -8.12.